The molecule has 1 aliphatic rings. The first kappa shape index (κ1) is 20.6. The van der Waals surface area contributed by atoms with Gasteiger partial charge >= 0.3 is 0 Å². The average molecular weight is 427 g/mol. The van der Waals surface area contributed by atoms with Crippen molar-refractivity contribution in [3.8, 4) is 5.75 Å². The van der Waals surface area contributed by atoms with Gasteiger partial charge in [0.1, 0.15) is 5.75 Å². The fourth-order valence-electron chi connectivity index (χ4n) is 2.80. The number of hydrogen-bond acceptors (Lipinski definition) is 8. The molecule has 1 saturated heterocycles. The predicted molar refractivity (Wildman–Crippen MR) is 104 cm³/mol. The Labute approximate surface area is 168 Å². The Kier molecular flexibility index (Phi) is 6.57. The molecule has 0 aliphatic carbocycles. The van der Waals surface area contributed by atoms with Gasteiger partial charge in [0.2, 0.25) is 21.8 Å². The number of hydrogen-bond donors (Lipinski definition) is 0. The highest BCUT2D eigenvalue weighted by Crippen LogP contribution is 2.21. The van der Waals surface area contributed by atoms with E-state index >= 15 is 0 Å². The third-order valence-corrected chi connectivity index (χ3v) is 7.14. The van der Waals surface area contributed by atoms with Crippen LogP contribution >= 0.6 is 11.8 Å². The molecule has 1 amide bonds. The number of aromatic nitrogens is 2. The van der Waals surface area contributed by atoms with Crippen molar-refractivity contribution in [1.29, 1.82) is 0 Å². The van der Waals surface area contributed by atoms with Crippen LogP contribution in [0.4, 0.5) is 0 Å². The summed E-state index contributed by atoms with van der Waals surface area (Å²) in [6, 6.07) is 6.30. The quantitative estimate of drug-likeness (QED) is 0.649. The molecule has 2 heterocycles. The van der Waals surface area contributed by atoms with E-state index in [4.69, 9.17) is 9.26 Å². The third kappa shape index (κ3) is 4.83. The minimum atomic E-state index is -3.58. The van der Waals surface area contributed by atoms with Crippen LogP contribution < -0.4 is 4.74 Å². The van der Waals surface area contributed by atoms with E-state index in [1.165, 1.54) is 35.3 Å². The second-order valence-corrected chi connectivity index (χ2v) is 9.11. The summed E-state index contributed by atoms with van der Waals surface area (Å²) in [5.41, 5.74) is 0. The fourth-order valence-corrected chi connectivity index (χ4v) is 4.98. The number of carbonyl (C=O) groups is 1. The number of amides is 1. The van der Waals surface area contributed by atoms with Gasteiger partial charge in [0.25, 0.3) is 0 Å². The molecule has 3 rings (SSSR count). The van der Waals surface area contributed by atoms with Crippen molar-refractivity contribution in [2.75, 3.05) is 39.0 Å². The normalized spacial score (nSPS) is 15.6. The topological polar surface area (TPSA) is 106 Å². The molecule has 0 saturated carbocycles. The predicted octanol–water partition coefficient (Wildman–Crippen LogP) is 1.15. The van der Waals surface area contributed by atoms with E-state index in [1.807, 2.05) is 0 Å². The molecule has 0 bridgehead atoms. The van der Waals surface area contributed by atoms with Gasteiger partial charge in [-0.15, -0.1) is 11.8 Å². The molecule has 2 aromatic rings. The average Bonchev–Trinajstić information content (AvgIpc) is 3.13. The van der Waals surface area contributed by atoms with Gasteiger partial charge in [0, 0.05) is 33.1 Å². The summed E-state index contributed by atoms with van der Waals surface area (Å²) < 4.78 is 36.9. The maximum Gasteiger partial charge on any atom is 0.243 e. The lowest BCUT2D eigenvalue weighted by Crippen LogP contribution is -2.50. The lowest BCUT2D eigenvalue weighted by molar-refractivity contribution is -0.129. The molecule has 11 heteroatoms. The number of nitrogens with zero attached hydrogens (tertiary/aromatic N) is 4. The molecule has 0 spiro atoms. The highest BCUT2D eigenvalue weighted by atomic mass is 32.2. The molecule has 0 unspecified atom stereocenters. The Morgan fingerprint density at radius 3 is 2.46 bits per heavy atom. The zero-order valence-corrected chi connectivity index (χ0v) is 17.3. The standard InChI is InChI=1S/C17H22N4O5S2/c1-13-18-16(19-26-13)11-27-12-17(22)20-7-9-21(10-8-20)28(23,24)15-5-3-14(25-2)4-6-15/h3-6H,7-12H2,1-2H3. The van der Waals surface area contributed by atoms with E-state index in [2.05, 4.69) is 10.1 Å². The number of rotatable bonds is 7. The number of thioether (sulfide) groups is 1. The van der Waals surface area contributed by atoms with Crippen LogP contribution in [-0.2, 0) is 20.6 Å². The first-order chi connectivity index (χ1) is 13.4. The Balaban J connectivity index is 1.49. The Bertz CT molecular complexity index is 906. The molecule has 0 atom stereocenters. The van der Waals surface area contributed by atoms with Gasteiger partial charge < -0.3 is 14.2 Å². The molecule has 1 fully saturated rings. The number of methoxy groups -OCH3 is 1. The van der Waals surface area contributed by atoms with Crippen LogP contribution in [0.15, 0.2) is 33.7 Å². The van der Waals surface area contributed by atoms with Crippen molar-refractivity contribution in [2.24, 2.45) is 0 Å². The molecule has 0 radical (unpaired) electrons. The second kappa shape index (κ2) is 8.93. The summed E-state index contributed by atoms with van der Waals surface area (Å²) in [5.74, 6) is 2.42. The highest BCUT2D eigenvalue weighted by Gasteiger charge is 2.30. The van der Waals surface area contributed by atoms with Crippen molar-refractivity contribution in [3.05, 3.63) is 36.0 Å². The largest absolute Gasteiger partial charge is 0.497 e. The van der Waals surface area contributed by atoms with Gasteiger partial charge in [-0.3, -0.25) is 4.79 Å². The van der Waals surface area contributed by atoms with Gasteiger partial charge in [-0.2, -0.15) is 9.29 Å². The Morgan fingerprint density at radius 1 is 1.21 bits per heavy atom. The summed E-state index contributed by atoms with van der Waals surface area (Å²) in [5, 5.41) is 3.79. The van der Waals surface area contributed by atoms with E-state index in [0.717, 1.165) is 0 Å². The number of benzene rings is 1. The monoisotopic (exact) mass is 426 g/mol. The Morgan fingerprint density at radius 2 is 1.89 bits per heavy atom. The zero-order valence-electron chi connectivity index (χ0n) is 15.7. The second-order valence-electron chi connectivity index (χ2n) is 6.18. The van der Waals surface area contributed by atoms with Crippen LogP contribution in [0.5, 0.6) is 5.75 Å². The van der Waals surface area contributed by atoms with Crippen LogP contribution in [0.25, 0.3) is 0 Å². The lowest BCUT2D eigenvalue weighted by Gasteiger charge is -2.34. The van der Waals surface area contributed by atoms with E-state index in [9.17, 15) is 13.2 Å². The van der Waals surface area contributed by atoms with E-state index in [1.54, 1.807) is 24.0 Å². The van der Waals surface area contributed by atoms with Crippen LogP contribution in [0.3, 0.4) is 0 Å². The van der Waals surface area contributed by atoms with Crippen LogP contribution in [-0.4, -0.2) is 72.7 Å². The first-order valence-electron chi connectivity index (χ1n) is 8.69. The molecule has 1 aromatic carbocycles. The molecular weight excluding hydrogens is 404 g/mol. The van der Waals surface area contributed by atoms with E-state index in [0.29, 0.717) is 42.1 Å². The highest BCUT2D eigenvalue weighted by molar-refractivity contribution is 7.99. The lowest BCUT2D eigenvalue weighted by atomic mass is 10.3. The maximum absolute atomic E-state index is 12.7. The maximum atomic E-state index is 12.7. The molecule has 152 valence electrons. The number of sulfonamides is 1. The van der Waals surface area contributed by atoms with Crippen molar-refractivity contribution < 1.29 is 22.5 Å². The van der Waals surface area contributed by atoms with E-state index in [-0.39, 0.29) is 23.9 Å². The minimum absolute atomic E-state index is 0.0216. The first-order valence-corrected chi connectivity index (χ1v) is 11.3. The van der Waals surface area contributed by atoms with Crippen molar-refractivity contribution >= 4 is 27.7 Å². The number of carbonyl (C=O) groups excluding carboxylic acids is 1. The molecule has 28 heavy (non-hydrogen) atoms. The van der Waals surface area contributed by atoms with Crippen molar-refractivity contribution in [3.63, 3.8) is 0 Å². The zero-order chi connectivity index (χ0) is 20.1. The van der Waals surface area contributed by atoms with Crippen LogP contribution in [0, 0.1) is 6.92 Å². The van der Waals surface area contributed by atoms with Gasteiger partial charge in [-0.05, 0) is 24.3 Å². The van der Waals surface area contributed by atoms with E-state index < -0.39 is 10.0 Å². The van der Waals surface area contributed by atoms with Crippen molar-refractivity contribution in [1.82, 2.24) is 19.3 Å². The minimum Gasteiger partial charge on any atom is -0.497 e. The van der Waals surface area contributed by atoms with Crippen molar-refractivity contribution in [2.45, 2.75) is 17.6 Å². The summed E-state index contributed by atoms with van der Waals surface area (Å²) >= 11 is 1.41. The third-order valence-electron chi connectivity index (χ3n) is 4.31. The number of aryl methyl sites for hydroxylation is 1. The SMILES string of the molecule is COc1ccc(S(=O)(=O)N2CCN(C(=O)CSCc3noc(C)n3)CC2)cc1. The van der Waals surface area contributed by atoms with Gasteiger partial charge in [-0.25, -0.2) is 8.42 Å². The van der Waals surface area contributed by atoms with Gasteiger partial charge in [0.05, 0.1) is 23.5 Å². The molecule has 1 aliphatic heterocycles. The van der Waals surface area contributed by atoms with Gasteiger partial charge in [-0.1, -0.05) is 5.16 Å². The van der Waals surface area contributed by atoms with Crippen LogP contribution in [0.1, 0.15) is 11.7 Å². The Hall–Kier alpha value is -2.11. The van der Waals surface area contributed by atoms with Crippen LogP contribution in [0.2, 0.25) is 0 Å². The smallest absolute Gasteiger partial charge is 0.243 e. The summed E-state index contributed by atoms with van der Waals surface area (Å²) in [7, 11) is -2.05. The summed E-state index contributed by atoms with van der Waals surface area (Å²) in [6.07, 6.45) is 0. The summed E-state index contributed by atoms with van der Waals surface area (Å²) in [6.45, 7) is 3.00. The molecular formula is C17H22N4O5S2. The molecule has 0 N–H and O–H groups in total. The fraction of sp³-hybridized carbons (Fsp3) is 0.471. The molecule has 9 nitrogen and oxygen atoms in total. The summed E-state index contributed by atoms with van der Waals surface area (Å²) in [4.78, 5) is 18.4. The molecule has 1 aromatic heterocycles. The van der Waals surface area contributed by atoms with Gasteiger partial charge in [0.15, 0.2) is 5.82 Å². The number of piperazine rings is 1. The number of ether oxygens (including phenoxy) is 1.